The smallest absolute Gasteiger partial charge is 0.192 e. The Hall–Kier alpha value is -2.19. The minimum Gasteiger partial charge on any atom is -0.323 e. The minimum absolute atomic E-state index is 0.0230. The molecule has 0 saturated carbocycles. The molecular formula is C21H26ClN5O2S. The van der Waals surface area contributed by atoms with Crippen LogP contribution in [0.25, 0.3) is 11.0 Å². The highest BCUT2D eigenvalue weighted by molar-refractivity contribution is 7.90. The number of halogens is 1. The molecule has 0 aliphatic carbocycles. The highest BCUT2D eigenvalue weighted by Crippen LogP contribution is 2.41. The molecule has 0 bridgehead atoms. The zero-order valence-corrected chi connectivity index (χ0v) is 19.3. The van der Waals surface area contributed by atoms with E-state index in [-0.39, 0.29) is 11.1 Å². The Balaban J connectivity index is 2.01. The lowest BCUT2D eigenvalue weighted by atomic mass is 9.99. The van der Waals surface area contributed by atoms with E-state index in [0.29, 0.717) is 28.4 Å². The van der Waals surface area contributed by atoms with Crippen molar-refractivity contribution in [2.45, 2.75) is 57.5 Å². The van der Waals surface area contributed by atoms with Crippen molar-refractivity contribution in [3.8, 4) is 0 Å². The number of aryl methyl sites for hydroxylation is 2. The van der Waals surface area contributed by atoms with Gasteiger partial charge in [-0.15, -0.1) is 5.10 Å². The van der Waals surface area contributed by atoms with Crippen molar-refractivity contribution < 1.29 is 8.42 Å². The molecule has 1 aliphatic rings. The average Bonchev–Trinajstić information content (AvgIpc) is 3.11. The van der Waals surface area contributed by atoms with Crippen molar-refractivity contribution in [2.75, 3.05) is 17.7 Å². The van der Waals surface area contributed by atoms with Crippen LogP contribution < -0.4 is 4.90 Å². The number of sulfone groups is 1. The lowest BCUT2D eigenvalue weighted by molar-refractivity contribution is 0.429. The second-order valence-corrected chi connectivity index (χ2v) is 10.3. The van der Waals surface area contributed by atoms with Crippen molar-refractivity contribution in [1.29, 1.82) is 0 Å². The SMILES string of the molecule is CCC(CC)n1nnc2c(N3CCCc4cc(C)cc(Cl)c43)nc(S(C)(=O)=O)cc21. The fraction of sp³-hybridized carbons (Fsp3) is 0.476. The van der Waals surface area contributed by atoms with Gasteiger partial charge < -0.3 is 4.90 Å². The Labute approximate surface area is 182 Å². The largest absolute Gasteiger partial charge is 0.323 e. The summed E-state index contributed by atoms with van der Waals surface area (Å²) in [5.74, 6) is 0.497. The van der Waals surface area contributed by atoms with E-state index in [1.54, 1.807) is 6.07 Å². The van der Waals surface area contributed by atoms with Crippen LogP contribution >= 0.6 is 11.6 Å². The van der Waals surface area contributed by atoms with E-state index < -0.39 is 9.84 Å². The molecule has 160 valence electrons. The Morgan fingerprint density at radius 1 is 1.20 bits per heavy atom. The van der Waals surface area contributed by atoms with Gasteiger partial charge in [-0.25, -0.2) is 18.1 Å². The highest BCUT2D eigenvalue weighted by Gasteiger charge is 2.28. The molecule has 4 rings (SSSR count). The van der Waals surface area contributed by atoms with Crippen LogP contribution in [0.15, 0.2) is 23.2 Å². The molecular weight excluding hydrogens is 422 g/mol. The van der Waals surface area contributed by atoms with Crippen LogP contribution in [-0.4, -0.2) is 41.2 Å². The third-order valence-corrected chi connectivity index (χ3v) is 6.98. The first-order valence-electron chi connectivity index (χ1n) is 10.3. The Bertz CT molecular complexity index is 1220. The van der Waals surface area contributed by atoms with Crippen molar-refractivity contribution in [2.24, 2.45) is 0 Å². The van der Waals surface area contributed by atoms with Gasteiger partial charge in [0.25, 0.3) is 0 Å². The monoisotopic (exact) mass is 447 g/mol. The van der Waals surface area contributed by atoms with E-state index in [0.717, 1.165) is 42.5 Å². The van der Waals surface area contributed by atoms with Crippen molar-refractivity contribution in [3.05, 3.63) is 34.3 Å². The lowest BCUT2D eigenvalue weighted by Crippen LogP contribution is -2.26. The molecule has 0 radical (unpaired) electrons. The normalized spacial score (nSPS) is 14.5. The molecule has 0 atom stereocenters. The molecule has 30 heavy (non-hydrogen) atoms. The molecule has 0 N–H and O–H groups in total. The van der Waals surface area contributed by atoms with Crippen LogP contribution in [0.4, 0.5) is 11.5 Å². The number of pyridine rings is 1. The van der Waals surface area contributed by atoms with Crippen molar-refractivity contribution in [3.63, 3.8) is 0 Å². The molecule has 0 amide bonds. The maximum absolute atomic E-state index is 12.5. The quantitative estimate of drug-likeness (QED) is 0.566. The van der Waals surface area contributed by atoms with E-state index in [4.69, 9.17) is 11.6 Å². The van der Waals surface area contributed by atoms with Crippen LogP contribution in [-0.2, 0) is 16.3 Å². The van der Waals surface area contributed by atoms with Crippen molar-refractivity contribution >= 4 is 44.0 Å². The first-order chi connectivity index (χ1) is 14.2. The van der Waals surface area contributed by atoms with Gasteiger partial charge in [-0.2, -0.15) is 0 Å². The van der Waals surface area contributed by atoms with Gasteiger partial charge >= 0.3 is 0 Å². The summed E-state index contributed by atoms with van der Waals surface area (Å²) in [7, 11) is -3.52. The molecule has 0 unspecified atom stereocenters. The molecule has 3 aromatic rings. The van der Waals surface area contributed by atoms with Crippen LogP contribution in [0.5, 0.6) is 0 Å². The Morgan fingerprint density at radius 2 is 1.93 bits per heavy atom. The van der Waals surface area contributed by atoms with E-state index in [2.05, 4.69) is 35.2 Å². The number of hydrogen-bond acceptors (Lipinski definition) is 6. The lowest BCUT2D eigenvalue weighted by Gasteiger charge is -2.32. The fourth-order valence-electron chi connectivity index (χ4n) is 4.23. The summed E-state index contributed by atoms with van der Waals surface area (Å²) in [6.45, 7) is 6.88. The van der Waals surface area contributed by atoms with Crippen LogP contribution in [0, 0.1) is 6.92 Å². The van der Waals surface area contributed by atoms with Gasteiger partial charge in [0.15, 0.2) is 26.2 Å². The first-order valence-corrected chi connectivity index (χ1v) is 12.5. The molecule has 2 aromatic heterocycles. The maximum Gasteiger partial charge on any atom is 0.192 e. The zero-order chi connectivity index (χ0) is 21.6. The van der Waals surface area contributed by atoms with Gasteiger partial charge in [-0.05, 0) is 49.8 Å². The number of aromatic nitrogens is 4. The molecule has 1 aromatic carbocycles. The van der Waals surface area contributed by atoms with Crippen LogP contribution in [0.3, 0.4) is 0 Å². The van der Waals surface area contributed by atoms with E-state index >= 15 is 0 Å². The van der Waals surface area contributed by atoms with Gasteiger partial charge in [0.05, 0.1) is 22.3 Å². The van der Waals surface area contributed by atoms with E-state index in [1.807, 2.05) is 22.6 Å². The molecule has 0 saturated heterocycles. The number of hydrogen-bond donors (Lipinski definition) is 0. The maximum atomic E-state index is 12.5. The van der Waals surface area contributed by atoms with E-state index in [9.17, 15) is 8.42 Å². The van der Waals surface area contributed by atoms with Gasteiger partial charge in [0.1, 0.15) is 0 Å². The summed E-state index contributed by atoms with van der Waals surface area (Å²) >= 11 is 6.64. The van der Waals surface area contributed by atoms with Gasteiger partial charge in [-0.3, -0.25) is 0 Å². The second kappa shape index (κ2) is 7.81. The fourth-order valence-corrected chi connectivity index (χ4v) is 5.21. The zero-order valence-electron chi connectivity index (χ0n) is 17.7. The van der Waals surface area contributed by atoms with E-state index in [1.165, 1.54) is 6.26 Å². The summed E-state index contributed by atoms with van der Waals surface area (Å²) in [6.07, 6.45) is 4.76. The third kappa shape index (κ3) is 3.56. The first kappa shape index (κ1) is 21.1. The van der Waals surface area contributed by atoms with Gasteiger partial charge in [-0.1, -0.05) is 36.7 Å². The number of rotatable bonds is 5. The van der Waals surface area contributed by atoms with Crippen LogP contribution in [0.2, 0.25) is 5.02 Å². The van der Waals surface area contributed by atoms with Crippen molar-refractivity contribution in [1.82, 2.24) is 20.0 Å². The summed E-state index contributed by atoms with van der Waals surface area (Å²) in [5.41, 5.74) is 4.40. The standard InChI is InChI=1S/C21H26ClN5O2S/c1-5-15(6-2)27-17-12-18(30(4,28)29)23-21(19(17)24-25-27)26-9-7-8-14-10-13(3)11-16(22)20(14)26/h10-12,15H,5-9H2,1-4H3. The molecule has 0 fully saturated rings. The molecule has 9 heteroatoms. The summed E-state index contributed by atoms with van der Waals surface area (Å²) in [6, 6.07) is 5.79. The topological polar surface area (TPSA) is 81.0 Å². The number of anilines is 2. The number of nitrogens with zero attached hydrogens (tertiary/aromatic N) is 5. The molecule has 7 nitrogen and oxygen atoms in total. The number of fused-ring (bicyclic) bond motifs is 2. The predicted molar refractivity (Wildman–Crippen MR) is 120 cm³/mol. The average molecular weight is 448 g/mol. The Morgan fingerprint density at radius 3 is 2.60 bits per heavy atom. The minimum atomic E-state index is -3.52. The summed E-state index contributed by atoms with van der Waals surface area (Å²) in [5, 5.41) is 9.46. The summed E-state index contributed by atoms with van der Waals surface area (Å²) in [4.78, 5) is 6.55. The summed E-state index contributed by atoms with van der Waals surface area (Å²) < 4.78 is 26.7. The molecule has 0 spiro atoms. The molecule has 1 aliphatic heterocycles. The predicted octanol–water partition coefficient (Wildman–Crippen LogP) is 4.64. The Kier molecular flexibility index (Phi) is 5.48. The van der Waals surface area contributed by atoms with Gasteiger partial charge in [0.2, 0.25) is 0 Å². The third-order valence-electron chi connectivity index (χ3n) is 5.73. The second-order valence-electron chi connectivity index (χ2n) is 7.94. The van der Waals surface area contributed by atoms with Crippen LogP contribution in [0.1, 0.15) is 50.3 Å². The van der Waals surface area contributed by atoms with Gasteiger partial charge in [0, 0.05) is 18.9 Å². The highest BCUT2D eigenvalue weighted by atomic mass is 35.5. The number of benzene rings is 1. The molecule has 3 heterocycles.